The Bertz CT molecular complexity index is 1390. The van der Waals surface area contributed by atoms with Gasteiger partial charge in [0.25, 0.3) is 0 Å². The lowest BCUT2D eigenvalue weighted by molar-refractivity contribution is -0.136. The first-order chi connectivity index (χ1) is 16.7. The predicted octanol–water partition coefficient (Wildman–Crippen LogP) is 6.91. The van der Waals surface area contributed by atoms with E-state index in [0.717, 1.165) is 36.0 Å². The van der Waals surface area contributed by atoms with Crippen LogP contribution in [-0.2, 0) is 12.7 Å². The second kappa shape index (κ2) is 8.57. The highest BCUT2D eigenvalue weighted by atomic mass is 19.4. The fourth-order valence-electron chi connectivity index (χ4n) is 4.45. The van der Waals surface area contributed by atoms with Gasteiger partial charge in [-0.2, -0.15) is 13.2 Å². The summed E-state index contributed by atoms with van der Waals surface area (Å²) in [6.07, 6.45) is -2.92. The Kier molecular flexibility index (Phi) is 5.55. The monoisotopic (exact) mass is 483 g/mol. The van der Waals surface area contributed by atoms with Crippen LogP contribution in [0.1, 0.15) is 28.4 Å². The van der Waals surface area contributed by atoms with Crippen molar-refractivity contribution in [1.29, 1.82) is 0 Å². The molecule has 1 N–H and O–H groups in total. The van der Waals surface area contributed by atoms with Gasteiger partial charge in [-0.3, -0.25) is 0 Å². The highest BCUT2D eigenvalue weighted by Crippen LogP contribution is 2.39. The molecule has 1 atom stereocenters. The Morgan fingerprint density at radius 3 is 2.31 bits per heavy atom. The van der Waals surface area contributed by atoms with Crippen molar-refractivity contribution in [2.75, 3.05) is 5.32 Å². The number of aromatic nitrogens is 1. The van der Waals surface area contributed by atoms with Crippen molar-refractivity contribution < 1.29 is 26.7 Å². The molecule has 0 unspecified atom stereocenters. The number of para-hydroxylation sites is 2. The second-order valence-corrected chi connectivity index (χ2v) is 8.14. The van der Waals surface area contributed by atoms with Crippen LogP contribution in [-0.4, -0.2) is 15.5 Å². The van der Waals surface area contributed by atoms with Crippen molar-refractivity contribution in [2.45, 2.75) is 18.8 Å². The van der Waals surface area contributed by atoms with Crippen LogP contribution >= 0.6 is 0 Å². The molecule has 0 saturated carbocycles. The largest absolute Gasteiger partial charge is 0.418 e. The lowest BCUT2D eigenvalue weighted by Crippen LogP contribution is -2.38. The van der Waals surface area contributed by atoms with E-state index in [1.54, 1.807) is 35.0 Å². The Labute approximate surface area is 197 Å². The minimum absolute atomic E-state index is 0.0132. The smallest absolute Gasteiger partial charge is 0.318 e. The van der Waals surface area contributed by atoms with E-state index in [1.165, 1.54) is 17.0 Å². The number of carbonyl (C=O) groups is 1. The third-order valence-electron chi connectivity index (χ3n) is 5.90. The van der Waals surface area contributed by atoms with Crippen molar-refractivity contribution in [3.05, 3.63) is 119 Å². The fraction of sp³-hybridized carbons (Fsp3) is 0.115. The molecule has 1 aliphatic heterocycles. The summed E-state index contributed by atoms with van der Waals surface area (Å²) in [4.78, 5) is 14.8. The van der Waals surface area contributed by atoms with Crippen LogP contribution in [0.25, 0.3) is 5.69 Å². The number of rotatable bonds is 2. The first-order valence-corrected chi connectivity index (χ1v) is 10.7. The number of hydrogen-bond acceptors (Lipinski definition) is 1. The summed E-state index contributed by atoms with van der Waals surface area (Å²) >= 11 is 0. The van der Waals surface area contributed by atoms with Crippen LogP contribution in [0.4, 0.5) is 32.4 Å². The lowest BCUT2D eigenvalue weighted by Gasteiger charge is -2.31. The van der Waals surface area contributed by atoms with Gasteiger partial charge in [0.2, 0.25) is 0 Å². The molecule has 4 aromatic rings. The molecular weight excluding hydrogens is 465 g/mol. The molecule has 35 heavy (non-hydrogen) atoms. The standard InChI is InChI=1S/C26H18F5N3O/c27-18-12-17(13-19(28)14-18)24-23-10-5-11-33(23)22-9-4-1-6-16(22)15-34(24)25(35)32-21-8-3-2-7-20(21)26(29,30)31/h1-14,24H,15H2,(H,32,35)/t24-/m0/s1. The maximum atomic E-state index is 14.2. The molecule has 3 aromatic carbocycles. The van der Waals surface area contributed by atoms with E-state index >= 15 is 0 Å². The molecule has 0 radical (unpaired) electrons. The van der Waals surface area contributed by atoms with Crippen LogP contribution in [0, 0.1) is 11.6 Å². The van der Waals surface area contributed by atoms with Crippen LogP contribution in [0.3, 0.4) is 0 Å². The molecule has 4 nitrogen and oxygen atoms in total. The highest BCUT2D eigenvalue weighted by Gasteiger charge is 2.36. The van der Waals surface area contributed by atoms with Gasteiger partial charge in [0.1, 0.15) is 11.6 Å². The average Bonchev–Trinajstić information content (AvgIpc) is 3.22. The Hall–Kier alpha value is -4.14. The number of nitrogens with zero attached hydrogens (tertiary/aromatic N) is 2. The summed E-state index contributed by atoms with van der Waals surface area (Å²) in [6, 6.07) is 16.4. The van der Waals surface area contributed by atoms with Crippen molar-refractivity contribution >= 4 is 11.7 Å². The third kappa shape index (κ3) is 4.25. The van der Waals surface area contributed by atoms with Gasteiger partial charge in [-0.1, -0.05) is 30.3 Å². The van der Waals surface area contributed by atoms with Gasteiger partial charge in [-0.15, -0.1) is 0 Å². The van der Waals surface area contributed by atoms with Gasteiger partial charge in [0, 0.05) is 18.0 Å². The number of benzene rings is 3. The number of halogens is 5. The Balaban J connectivity index is 1.65. The summed E-state index contributed by atoms with van der Waals surface area (Å²) in [5.41, 5.74) is 0.722. The first-order valence-electron chi connectivity index (χ1n) is 10.7. The Morgan fingerprint density at radius 1 is 0.886 bits per heavy atom. The molecule has 9 heteroatoms. The van der Waals surface area contributed by atoms with Crippen LogP contribution in [0.5, 0.6) is 0 Å². The number of alkyl halides is 3. The van der Waals surface area contributed by atoms with Crippen LogP contribution in [0.2, 0.25) is 0 Å². The zero-order chi connectivity index (χ0) is 24.7. The molecule has 2 heterocycles. The zero-order valence-corrected chi connectivity index (χ0v) is 18.1. The molecule has 2 amide bonds. The molecule has 1 aromatic heterocycles. The van der Waals surface area contributed by atoms with E-state index in [4.69, 9.17) is 0 Å². The zero-order valence-electron chi connectivity index (χ0n) is 18.1. The molecule has 0 bridgehead atoms. The maximum Gasteiger partial charge on any atom is 0.418 e. The van der Waals surface area contributed by atoms with E-state index in [-0.39, 0.29) is 12.1 Å². The molecule has 178 valence electrons. The SMILES string of the molecule is O=C(Nc1ccccc1C(F)(F)F)N1Cc2ccccc2-n2cccc2[C@@H]1c1cc(F)cc(F)c1. The Morgan fingerprint density at radius 2 is 1.57 bits per heavy atom. The van der Waals surface area contributed by atoms with Crippen LogP contribution in [0.15, 0.2) is 85.1 Å². The van der Waals surface area contributed by atoms with E-state index in [1.807, 2.05) is 12.1 Å². The number of carbonyl (C=O) groups excluding carboxylic acids is 1. The van der Waals surface area contributed by atoms with Gasteiger partial charge in [-0.25, -0.2) is 13.6 Å². The van der Waals surface area contributed by atoms with Gasteiger partial charge >= 0.3 is 12.2 Å². The van der Waals surface area contributed by atoms with Crippen LogP contribution < -0.4 is 5.32 Å². The lowest BCUT2D eigenvalue weighted by atomic mass is 10.0. The predicted molar refractivity (Wildman–Crippen MR) is 120 cm³/mol. The molecule has 1 aliphatic rings. The molecule has 0 spiro atoms. The molecule has 0 fully saturated rings. The molecule has 5 rings (SSSR count). The number of hydrogen-bond donors (Lipinski definition) is 1. The minimum Gasteiger partial charge on any atom is -0.318 e. The van der Waals surface area contributed by atoms with E-state index in [0.29, 0.717) is 11.3 Å². The number of amides is 2. The molecular formula is C26H18F5N3O. The first kappa shape index (κ1) is 22.6. The summed E-state index contributed by atoms with van der Waals surface area (Å²) in [7, 11) is 0. The highest BCUT2D eigenvalue weighted by molar-refractivity contribution is 5.91. The summed E-state index contributed by atoms with van der Waals surface area (Å²) in [6.45, 7) is -0.0132. The summed E-state index contributed by atoms with van der Waals surface area (Å²) in [5, 5.41) is 2.37. The number of urea groups is 1. The summed E-state index contributed by atoms with van der Waals surface area (Å²) in [5.74, 6) is -1.66. The van der Waals surface area contributed by atoms with Gasteiger partial charge in [0.05, 0.1) is 29.5 Å². The number of fused-ring (bicyclic) bond motifs is 3. The number of nitrogens with one attached hydrogen (secondary N) is 1. The van der Waals surface area contributed by atoms with E-state index < -0.39 is 41.1 Å². The molecule has 0 aliphatic carbocycles. The van der Waals surface area contributed by atoms with Crippen molar-refractivity contribution in [3.8, 4) is 5.69 Å². The average molecular weight is 483 g/mol. The van der Waals surface area contributed by atoms with Gasteiger partial charge in [-0.05, 0) is 53.6 Å². The van der Waals surface area contributed by atoms with Crippen molar-refractivity contribution in [1.82, 2.24) is 9.47 Å². The topological polar surface area (TPSA) is 37.3 Å². The second-order valence-electron chi connectivity index (χ2n) is 8.14. The van der Waals surface area contributed by atoms with Crippen molar-refractivity contribution in [3.63, 3.8) is 0 Å². The quantitative estimate of drug-likeness (QED) is 0.309. The maximum absolute atomic E-state index is 14.2. The van der Waals surface area contributed by atoms with Gasteiger partial charge < -0.3 is 14.8 Å². The van der Waals surface area contributed by atoms with Gasteiger partial charge in [0.15, 0.2) is 0 Å². The normalized spacial score (nSPS) is 15.2. The fourth-order valence-corrected chi connectivity index (χ4v) is 4.45. The van der Waals surface area contributed by atoms with E-state index in [2.05, 4.69) is 5.32 Å². The number of anilines is 1. The summed E-state index contributed by atoms with van der Waals surface area (Å²) < 4.78 is 70.9. The minimum atomic E-state index is -4.69. The van der Waals surface area contributed by atoms with Crippen molar-refractivity contribution in [2.24, 2.45) is 0 Å². The van der Waals surface area contributed by atoms with E-state index in [9.17, 15) is 26.7 Å². The third-order valence-corrected chi connectivity index (χ3v) is 5.90. The molecule has 0 saturated heterocycles.